The van der Waals surface area contributed by atoms with Crippen molar-refractivity contribution in [2.24, 2.45) is 5.10 Å². The summed E-state index contributed by atoms with van der Waals surface area (Å²) in [5.74, 6) is 0.727. The van der Waals surface area contributed by atoms with Gasteiger partial charge < -0.3 is 4.57 Å². The van der Waals surface area contributed by atoms with Gasteiger partial charge in [-0.1, -0.05) is 22.0 Å². The van der Waals surface area contributed by atoms with Gasteiger partial charge in [-0.15, -0.1) is 0 Å². The maximum atomic E-state index is 4.28. The van der Waals surface area contributed by atoms with E-state index in [4.69, 9.17) is 0 Å². The molecule has 4 nitrogen and oxygen atoms in total. The molecule has 0 bridgehead atoms. The van der Waals surface area contributed by atoms with Crippen LogP contribution < -0.4 is 5.43 Å². The van der Waals surface area contributed by atoms with E-state index in [9.17, 15) is 0 Å². The lowest BCUT2D eigenvalue weighted by Crippen LogP contribution is -1.99. The van der Waals surface area contributed by atoms with Gasteiger partial charge in [0, 0.05) is 33.3 Å². The Morgan fingerprint density at radius 2 is 1.91 bits per heavy atom. The summed E-state index contributed by atoms with van der Waals surface area (Å²) in [6.45, 7) is 4.19. The molecule has 0 aliphatic heterocycles. The number of nitrogens with one attached hydrogen (secondary N) is 1. The number of halogens is 1. The lowest BCUT2D eigenvalue weighted by molar-refractivity contribution is 0.964. The molecule has 3 rings (SSSR count). The van der Waals surface area contributed by atoms with Crippen LogP contribution in [-0.4, -0.2) is 15.8 Å². The Labute approximate surface area is 144 Å². The molecule has 1 N–H and O–H groups in total. The molecule has 2 aromatic heterocycles. The highest BCUT2D eigenvalue weighted by Gasteiger charge is 2.09. The third-order valence-electron chi connectivity index (χ3n) is 3.60. The van der Waals surface area contributed by atoms with Crippen LogP contribution >= 0.6 is 15.9 Å². The Hall–Kier alpha value is -2.40. The second-order valence-corrected chi connectivity index (χ2v) is 6.14. The molecular weight excluding hydrogens is 352 g/mol. The smallest absolute Gasteiger partial charge is 0.146 e. The molecule has 3 aromatic rings. The minimum atomic E-state index is 0.727. The van der Waals surface area contributed by atoms with E-state index in [0.717, 1.165) is 27.2 Å². The average molecular weight is 369 g/mol. The predicted octanol–water partition coefficient (Wildman–Crippen LogP) is 4.70. The van der Waals surface area contributed by atoms with Crippen molar-refractivity contribution in [1.82, 2.24) is 9.55 Å². The Bertz CT molecular complexity index is 820. The second kappa shape index (κ2) is 6.79. The maximum Gasteiger partial charge on any atom is 0.146 e. The fourth-order valence-electron chi connectivity index (χ4n) is 2.50. The molecule has 0 saturated carbocycles. The zero-order chi connectivity index (χ0) is 16.2. The summed E-state index contributed by atoms with van der Waals surface area (Å²) < 4.78 is 3.29. The van der Waals surface area contributed by atoms with Crippen LogP contribution in [0.3, 0.4) is 0 Å². The van der Waals surface area contributed by atoms with Crippen LogP contribution in [0.1, 0.15) is 17.0 Å². The average Bonchev–Trinajstić information content (AvgIpc) is 2.84. The fraction of sp³-hybridized carbons (Fsp3) is 0.111. The lowest BCUT2D eigenvalue weighted by atomic mass is 10.2. The van der Waals surface area contributed by atoms with E-state index in [1.807, 2.05) is 36.5 Å². The Balaban J connectivity index is 1.84. The Morgan fingerprint density at radius 1 is 1.13 bits per heavy atom. The number of aromatic nitrogens is 2. The molecule has 0 atom stereocenters. The van der Waals surface area contributed by atoms with Gasteiger partial charge in [0.15, 0.2) is 0 Å². The fourth-order valence-corrected chi connectivity index (χ4v) is 2.77. The number of hydrogen-bond donors (Lipinski definition) is 1. The molecule has 0 amide bonds. The van der Waals surface area contributed by atoms with E-state index >= 15 is 0 Å². The van der Waals surface area contributed by atoms with Crippen molar-refractivity contribution in [2.45, 2.75) is 13.8 Å². The summed E-state index contributed by atoms with van der Waals surface area (Å²) >= 11 is 3.47. The van der Waals surface area contributed by atoms with Crippen molar-refractivity contribution in [3.05, 3.63) is 76.2 Å². The standard InChI is InChI=1S/C18H17BrN4/c1-13-11-15(12-21-22-18-5-3-4-10-20-18)14(2)23(13)17-8-6-16(19)7-9-17/h3-12H,1-2H3,(H,20,22). The van der Waals surface area contributed by atoms with Gasteiger partial charge in [0.1, 0.15) is 5.82 Å². The van der Waals surface area contributed by atoms with E-state index in [2.05, 4.69) is 68.1 Å². The summed E-state index contributed by atoms with van der Waals surface area (Å²) in [5, 5.41) is 4.28. The van der Waals surface area contributed by atoms with E-state index in [1.54, 1.807) is 6.20 Å². The highest BCUT2D eigenvalue weighted by molar-refractivity contribution is 9.10. The summed E-state index contributed by atoms with van der Waals surface area (Å²) in [7, 11) is 0. The van der Waals surface area contributed by atoms with E-state index in [-0.39, 0.29) is 0 Å². The molecule has 0 aliphatic carbocycles. The van der Waals surface area contributed by atoms with Gasteiger partial charge in [0.2, 0.25) is 0 Å². The zero-order valence-electron chi connectivity index (χ0n) is 13.0. The van der Waals surface area contributed by atoms with Crippen LogP contribution in [0, 0.1) is 13.8 Å². The molecule has 5 heteroatoms. The number of pyridine rings is 1. The molecule has 2 heterocycles. The molecule has 0 unspecified atom stereocenters. The second-order valence-electron chi connectivity index (χ2n) is 5.22. The molecule has 0 saturated heterocycles. The third-order valence-corrected chi connectivity index (χ3v) is 4.13. The van der Waals surface area contributed by atoms with E-state index in [0.29, 0.717) is 0 Å². The first kappa shape index (κ1) is 15.5. The van der Waals surface area contributed by atoms with Crippen molar-refractivity contribution in [3.63, 3.8) is 0 Å². The maximum absolute atomic E-state index is 4.28. The molecule has 0 aliphatic rings. The predicted molar refractivity (Wildman–Crippen MR) is 98.4 cm³/mol. The topological polar surface area (TPSA) is 42.2 Å². The summed E-state index contributed by atoms with van der Waals surface area (Å²) in [5.41, 5.74) is 7.48. The van der Waals surface area contributed by atoms with Gasteiger partial charge >= 0.3 is 0 Å². The van der Waals surface area contributed by atoms with Gasteiger partial charge in [0.25, 0.3) is 0 Å². The molecular formula is C18H17BrN4. The van der Waals surface area contributed by atoms with Crippen molar-refractivity contribution < 1.29 is 0 Å². The van der Waals surface area contributed by atoms with Gasteiger partial charge in [-0.2, -0.15) is 5.10 Å². The quantitative estimate of drug-likeness (QED) is 0.535. The molecule has 0 spiro atoms. The molecule has 1 aromatic carbocycles. The SMILES string of the molecule is Cc1cc(C=NNc2ccccn2)c(C)n1-c1ccc(Br)cc1. The first-order chi connectivity index (χ1) is 11.1. The highest BCUT2D eigenvalue weighted by atomic mass is 79.9. The van der Waals surface area contributed by atoms with Gasteiger partial charge in [0.05, 0.1) is 6.21 Å². The summed E-state index contributed by atoms with van der Waals surface area (Å²) in [4.78, 5) is 4.18. The van der Waals surface area contributed by atoms with Crippen molar-refractivity contribution >= 4 is 28.0 Å². The normalized spacial score (nSPS) is 11.1. The van der Waals surface area contributed by atoms with Gasteiger partial charge in [-0.05, 0) is 56.3 Å². The monoisotopic (exact) mass is 368 g/mol. The number of rotatable bonds is 4. The first-order valence-corrected chi connectivity index (χ1v) is 8.09. The van der Waals surface area contributed by atoms with Crippen LogP contribution in [0.2, 0.25) is 0 Å². The van der Waals surface area contributed by atoms with Crippen LogP contribution in [0.25, 0.3) is 5.69 Å². The van der Waals surface area contributed by atoms with E-state index < -0.39 is 0 Å². The number of hydrogen-bond acceptors (Lipinski definition) is 3. The Kier molecular flexibility index (Phi) is 4.57. The number of hydrazone groups is 1. The van der Waals surface area contributed by atoms with Crippen molar-refractivity contribution in [1.29, 1.82) is 0 Å². The van der Waals surface area contributed by atoms with Crippen molar-refractivity contribution in [3.8, 4) is 5.69 Å². The molecule has 116 valence electrons. The molecule has 23 heavy (non-hydrogen) atoms. The number of nitrogens with zero attached hydrogens (tertiary/aromatic N) is 3. The number of aryl methyl sites for hydroxylation is 1. The third kappa shape index (κ3) is 3.51. The summed E-state index contributed by atoms with van der Waals surface area (Å²) in [6, 6.07) is 16.1. The minimum absolute atomic E-state index is 0.727. The largest absolute Gasteiger partial charge is 0.318 e. The van der Waals surface area contributed by atoms with Crippen molar-refractivity contribution in [2.75, 3.05) is 5.43 Å². The Morgan fingerprint density at radius 3 is 2.61 bits per heavy atom. The molecule has 0 radical (unpaired) electrons. The number of benzene rings is 1. The first-order valence-electron chi connectivity index (χ1n) is 7.30. The van der Waals surface area contributed by atoms with Gasteiger partial charge in [-0.25, -0.2) is 4.98 Å². The van der Waals surface area contributed by atoms with E-state index in [1.165, 1.54) is 5.69 Å². The highest BCUT2D eigenvalue weighted by Crippen LogP contribution is 2.21. The van der Waals surface area contributed by atoms with Crippen LogP contribution in [0.4, 0.5) is 5.82 Å². The zero-order valence-corrected chi connectivity index (χ0v) is 14.6. The van der Waals surface area contributed by atoms with Crippen LogP contribution in [-0.2, 0) is 0 Å². The summed E-state index contributed by atoms with van der Waals surface area (Å²) in [6.07, 6.45) is 3.56. The molecule has 0 fully saturated rings. The van der Waals surface area contributed by atoms with Crippen LogP contribution in [0.5, 0.6) is 0 Å². The number of anilines is 1. The minimum Gasteiger partial charge on any atom is -0.318 e. The van der Waals surface area contributed by atoms with Crippen LogP contribution in [0.15, 0.2) is 64.3 Å². The van der Waals surface area contributed by atoms with Gasteiger partial charge in [-0.3, -0.25) is 5.43 Å². The lowest BCUT2D eigenvalue weighted by Gasteiger charge is -2.09.